The van der Waals surface area contributed by atoms with Crippen molar-refractivity contribution < 1.29 is 9.18 Å². The zero-order valence-corrected chi connectivity index (χ0v) is 13.9. The second-order valence-corrected chi connectivity index (χ2v) is 5.98. The summed E-state index contributed by atoms with van der Waals surface area (Å²) in [5.41, 5.74) is 2.98. The molecule has 25 heavy (non-hydrogen) atoms. The number of halogens is 1. The Bertz CT molecular complexity index is 778. The lowest BCUT2D eigenvalue weighted by molar-refractivity contribution is -0.120. The standard InChI is InChI=1S/C22H20FNO/c23-20-13-7-8-17(14-20)15-22(25)24-16-21(18-9-3-1-4-10-18)19-11-5-2-6-12-19/h1-14,21H,15-16H2,(H,24,25). The number of benzene rings is 3. The van der Waals surface area contributed by atoms with E-state index >= 15 is 0 Å². The lowest BCUT2D eigenvalue weighted by Gasteiger charge is -2.19. The molecule has 0 aromatic heterocycles. The molecule has 0 aliphatic rings. The highest BCUT2D eigenvalue weighted by Crippen LogP contribution is 2.23. The van der Waals surface area contributed by atoms with Crippen LogP contribution in [0.5, 0.6) is 0 Å². The van der Waals surface area contributed by atoms with Gasteiger partial charge in [0.05, 0.1) is 6.42 Å². The molecule has 0 heterocycles. The Morgan fingerprint density at radius 2 is 1.44 bits per heavy atom. The minimum absolute atomic E-state index is 0.0823. The molecule has 0 spiro atoms. The average molecular weight is 333 g/mol. The summed E-state index contributed by atoms with van der Waals surface area (Å²) in [4.78, 5) is 12.3. The van der Waals surface area contributed by atoms with Crippen LogP contribution in [-0.4, -0.2) is 12.5 Å². The van der Waals surface area contributed by atoms with Gasteiger partial charge in [0, 0.05) is 12.5 Å². The van der Waals surface area contributed by atoms with E-state index in [4.69, 9.17) is 0 Å². The smallest absolute Gasteiger partial charge is 0.224 e. The average Bonchev–Trinajstić information content (AvgIpc) is 2.64. The number of hydrogen-bond donors (Lipinski definition) is 1. The van der Waals surface area contributed by atoms with Crippen molar-refractivity contribution in [1.29, 1.82) is 0 Å². The first-order chi connectivity index (χ1) is 12.2. The second-order valence-electron chi connectivity index (χ2n) is 5.98. The molecule has 0 fully saturated rings. The molecule has 0 bridgehead atoms. The van der Waals surface area contributed by atoms with Gasteiger partial charge in [-0.15, -0.1) is 0 Å². The quantitative estimate of drug-likeness (QED) is 0.715. The molecule has 3 rings (SSSR count). The summed E-state index contributed by atoms with van der Waals surface area (Å²) < 4.78 is 13.2. The molecule has 0 unspecified atom stereocenters. The summed E-state index contributed by atoms with van der Waals surface area (Å²) in [6.45, 7) is 0.502. The van der Waals surface area contributed by atoms with Crippen LogP contribution in [0.1, 0.15) is 22.6 Å². The van der Waals surface area contributed by atoms with Crippen LogP contribution in [0, 0.1) is 5.82 Å². The Labute approximate surface area is 147 Å². The van der Waals surface area contributed by atoms with Gasteiger partial charge in [-0.2, -0.15) is 0 Å². The van der Waals surface area contributed by atoms with Crippen LogP contribution < -0.4 is 5.32 Å². The molecule has 126 valence electrons. The van der Waals surface area contributed by atoms with E-state index in [9.17, 15) is 9.18 Å². The predicted octanol–water partition coefficient (Wildman–Crippen LogP) is 4.32. The highest BCUT2D eigenvalue weighted by molar-refractivity contribution is 5.78. The van der Waals surface area contributed by atoms with E-state index in [0.29, 0.717) is 12.1 Å². The maximum atomic E-state index is 13.2. The van der Waals surface area contributed by atoms with Crippen LogP contribution in [-0.2, 0) is 11.2 Å². The monoisotopic (exact) mass is 333 g/mol. The zero-order valence-electron chi connectivity index (χ0n) is 13.9. The van der Waals surface area contributed by atoms with Crippen molar-refractivity contribution in [3.05, 3.63) is 107 Å². The summed E-state index contributed by atoms with van der Waals surface area (Å²) in [7, 11) is 0. The Balaban J connectivity index is 1.70. The summed E-state index contributed by atoms with van der Waals surface area (Å²) in [5, 5.41) is 2.99. The van der Waals surface area contributed by atoms with Crippen LogP contribution in [0.4, 0.5) is 4.39 Å². The Morgan fingerprint density at radius 1 is 0.840 bits per heavy atom. The largest absolute Gasteiger partial charge is 0.355 e. The van der Waals surface area contributed by atoms with Gasteiger partial charge in [0.25, 0.3) is 0 Å². The summed E-state index contributed by atoms with van der Waals surface area (Å²) in [6.07, 6.45) is 0.175. The molecular formula is C22H20FNO. The number of carbonyl (C=O) groups excluding carboxylic acids is 1. The molecule has 1 amide bonds. The third kappa shape index (κ3) is 4.77. The van der Waals surface area contributed by atoms with Crippen LogP contribution in [0.25, 0.3) is 0 Å². The normalized spacial score (nSPS) is 10.6. The molecule has 2 nitrogen and oxygen atoms in total. The lowest BCUT2D eigenvalue weighted by atomic mass is 9.91. The summed E-state index contributed by atoms with van der Waals surface area (Å²) >= 11 is 0. The number of carbonyl (C=O) groups is 1. The minimum atomic E-state index is -0.322. The second kappa shape index (κ2) is 8.25. The van der Waals surface area contributed by atoms with Crippen molar-refractivity contribution in [1.82, 2.24) is 5.32 Å². The van der Waals surface area contributed by atoms with Gasteiger partial charge in [-0.05, 0) is 28.8 Å². The van der Waals surface area contributed by atoms with E-state index in [1.165, 1.54) is 12.1 Å². The van der Waals surface area contributed by atoms with Crippen molar-refractivity contribution in [2.24, 2.45) is 0 Å². The lowest BCUT2D eigenvalue weighted by Crippen LogP contribution is -2.30. The zero-order chi connectivity index (χ0) is 17.5. The van der Waals surface area contributed by atoms with Gasteiger partial charge < -0.3 is 5.32 Å². The molecule has 0 radical (unpaired) electrons. The van der Waals surface area contributed by atoms with Crippen molar-refractivity contribution in [2.75, 3.05) is 6.54 Å². The molecule has 3 aromatic carbocycles. The molecule has 1 N–H and O–H groups in total. The van der Waals surface area contributed by atoms with Crippen molar-refractivity contribution in [2.45, 2.75) is 12.3 Å². The Kier molecular flexibility index (Phi) is 5.57. The first kappa shape index (κ1) is 16.9. The van der Waals surface area contributed by atoms with Gasteiger partial charge in [-0.1, -0.05) is 72.8 Å². The van der Waals surface area contributed by atoms with Crippen LogP contribution in [0.15, 0.2) is 84.9 Å². The van der Waals surface area contributed by atoms with E-state index in [2.05, 4.69) is 29.6 Å². The molecule has 0 atom stereocenters. The van der Waals surface area contributed by atoms with Gasteiger partial charge in [-0.3, -0.25) is 4.79 Å². The van der Waals surface area contributed by atoms with E-state index in [1.54, 1.807) is 12.1 Å². The number of amides is 1. The fourth-order valence-electron chi connectivity index (χ4n) is 2.91. The van der Waals surface area contributed by atoms with E-state index in [1.807, 2.05) is 36.4 Å². The van der Waals surface area contributed by atoms with E-state index in [-0.39, 0.29) is 24.1 Å². The minimum Gasteiger partial charge on any atom is -0.355 e. The summed E-state index contributed by atoms with van der Waals surface area (Å²) in [5.74, 6) is -0.349. The van der Waals surface area contributed by atoms with Crippen LogP contribution in [0.2, 0.25) is 0 Å². The van der Waals surface area contributed by atoms with Gasteiger partial charge in [0.2, 0.25) is 5.91 Å². The molecule has 0 saturated heterocycles. The van der Waals surface area contributed by atoms with E-state index < -0.39 is 0 Å². The maximum Gasteiger partial charge on any atom is 0.224 e. The third-order valence-electron chi connectivity index (χ3n) is 4.16. The summed E-state index contributed by atoms with van der Waals surface area (Å²) in [6, 6.07) is 26.4. The fraction of sp³-hybridized carbons (Fsp3) is 0.136. The van der Waals surface area contributed by atoms with Gasteiger partial charge >= 0.3 is 0 Å². The molecular weight excluding hydrogens is 313 g/mol. The van der Waals surface area contributed by atoms with Gasteiger partial charge in [-0.25, -0.2) is 4.39 Å². The molecule has 3 aromatic rings. The SMILES string of the molecule is O=C(Cc1cccc(F)c1)NCC(c1ccccc1)c1ccccc1. The number of hydrogen-bond acceptors (Lipinski definition) is 1. The molecule has 3 heteroatoms. The third-order valence-corrected chi connectivity index (χ3v) is 4.16. The van der Waals surface area contributed by atoms with Gasteiger partial charge in [0.1, 0.15) is 5.82 Å². The van der Waals surface area contributed by atoms with Crippen LogP contribution in [0.3, 0.4) is 0 Å². The number of rotatable bonds is 6. The highest BCUT2D eigenvalue weighted by atomic mass is 19.1. The first-order valence-corrected chi connectivity index (χ1v) is 8.33. The fourth-order valence-corrected chi connectivity index (χ4v) is 2.91. The van der Waals surface area contributed by atoms with Crippen molar-refractivity contribution in [3.8, 4) is 0 Å². The Hall–Kier alpha value is -2.94. The topological polar surface area (TPSA) is 29.1 Å². The van der Waals surface area contributed by atoms with Gasteiger partial charge in [0.15, 0.2) is 0 Å². The predicted molar refractivity (Wildman–Crippen MR) is 97.8 cm³/mol. The van der Waals surface area contributed by atoms with Crippen LogP contribution >= 0.6 is 0 Å². The highest BCUT2D eigenvalue weighted by Gasteiger charge is 2.15. The Morgan fingerprint density at radius 3 is 2.00 bits per heavy atom. The van der Waals surface area contributed by atoms with Crippen molar-refractivity contribution in [3.63, 3.8) is 0 Å². The number of nitrogens with one attached hydrogen (secondary N) is 1. The molecule has 0 aliphatic carbocycles. The van der Waals surface area contributed by atoms with Crippen molar-refractivity contribution >= 4 is 5.91 Å². The first-order valence-electron chi connectivity index (χ1n) is 8.33. The molecule has 0 saturated carbocycles. The maximum absolute atomic E-state index is 13.2. The molecule has 0 aliphatic heterocycles. The van der Waals surface area contributed by atoms with E-state index in [0.717, 1.165) is 11.1 Å².